The molecule has 0 spiro atoms. The molecule has 7 heteroatoms. The normalized spacial score (nSPS) is 26.5. The Morgan fingerprint density at radius 2 is 2.00 bits per heavy atom. The Kier molecular flexibility index (Phi) is 4.65. The summed E-state index contributed by atoms with van der Waals surface area (Å²) in [5.41, 5.74) is 4.80. The van der Waals surface area contributed by atoms with Gasteiger partial charge in [0.15, 0.2) is 9.84 Å². The monoisotopic (exact) mass is 329 g/mol. The van der Waals surface area contributed by atoms with Gasteiger partial charge in [-0.15, -0.1) is 11.8 Å². The largest absolute Gasteiger partial charge is 0.480 e. The average Bonchev–Trinajstić information content (AvgIpc) is 2.38. The summed E-state index contributed by atoms with van der Waals surface area (Å²) in [4.78, 5) is 12.4. The summed E-state index contributed by atoms with van der Waals surface area (Å²) in [6.45, 7) is 0. The maximum atomic E-state index is 11.4. The van der Waals surface area contributed by atoms with Crippen molar-refractivity contribution in [2.75, 3.05) is 6.26 Å². The minimum absolute atomic E-state index is 0.143. The molecule has 0 radical (unpaired) electrons. The summed E-state index contributed by atoms with van der Waals surface area (Å²) in [5, 5.41) is 9.35. The van der Waals surface area contributed by atoms with E-state index in [1.807, 2.05) is 0 Å². The molecule has 2 rings (SSSR count). The second-order valence-electron chi connectivity index (χ2n) is 5.54. The van der Waals surface area contributed by atoms with Crippen molar-refractivity contribution in [2.24, 2.45) is 5.73 Å². The van der Waals surface area contributed by atoms with Crippen molar-refractivity contribution in [3.8, 4) is 0 Å². The Bertz CT molecular complexity index is 627. The Morgan fingerprint density at radius 1 is 1.38 bits per heavy atom. The maximum absolute atomic E-state index is 11.4. The molecule has 5 nitrogen and oxygen atoms in total. The number of carbonyl (C=O) groups is 1. The van der Waals surface area contributed by atoms with E-state index < -0.39 is 21.3 Å². The van der Waals surface area contributed by atoms with Crippen LogP contribution >= 0.6 is 11.8 Å². The lowest BCUT2D eigenvalue weighted by Gasteiger charge is -2.34. The minimum atomic E-state index is -3.19. The molecule has 0 saturated heterocycles. The summed E-state index contributed by atoms with van der Waals surface area (Å²) in [6.07, 6.45) is 3.83. The fourth-order valence-electron chi connectivity index (χ4n) is 2.51. The molecule has 21 heavy (non-hydrogen) atoms. The van der Waals surface area contributed by atoms with Crippen molar-refractivity contribution in [1.29, 1.82) is 0 Å². The fraction of sp³-hybridized carbons (Fsp3) is 0.500. The Morgan fingerprint density at radius 3 is 2.52 bits per heavy atom. The second-order valence-corrected chi connectivity index (χ2v) is 8.93. The van der Waals surface area contributed by atoms with Crippen molar-refractivity contribution < 1.29 is 18.3 Å². The van der Waals surface area contributed by atoms with Crippen molar-refractivity contribution >= 4 is 27.6 Å². The van der Waals surface area contributed by atoms with E-state index in [4.69, 9.17) is 5.73 Å². The summed E-state index contributed by atoms with van der Waals surface area (Å²) < 4.78 is 22.8. The molecule has 3 N–H and O–H groups in total. The van der Waals surface area contributed by atoms with Crippen LogP contribution in [0.15, 0.2) is 34.1 Å². The van der Waals surface area contributed by atoms with E-state index in [2.05, 4.69) is 0 Å². The van der Waals surface area contributed by atoms with Gasteiger partial charge in [0.2, 0.25) is 0 Å². The summed E-state index contributed by atoms with van der Waals surface area (Å²) in [7, 11) is -3.19. The van der Waals surface area contributed by atoms with Crippen LogP contribution in [-0.2, 0) is 14.6 Å². The highest BCUT2D eigenvalue weighted by Gasteiger charge is 2.39. The Balaban J connectivity index is 2.06. The highest BCUT2D eigenvalue weighted by atomic mass is 32.2. The molecule has 0 amide bonds. The van der Waals surface area contributed by atoms with Gasteiger partial charge in [-0.25, -0.2) is 8.42 Å². The van der Waals surface area contributed by atoms with E-state index in [9.17, 15) is 18.3 Å². The van der Waals surface area contributed by atoms with Crippen LogP contribution in [0.3, 0.4) is 0 Å². The van der Waals surface area contributed by atoms with Gasteiger partial charge < -0.3 is 10.8 Å². The van der Waals surface area contributed by atoms with E-state index in [-0.39, 0.29) is 10.1 Å². The van der Waals surface area contributed by atoms with Crippen LogP contribution in [0.25, 0.3) is 0 Å². The maximum Gasteiger partial charge on any atom is 0.323 e. The number of hydrogen-bond donors (Lipinski definition) is 2. The Labute approximate surface area is 128 Å². The Hall–Kier alpha value is -1.05. The van der Waals surface area contributed by atoms with Crippen LogP contribution in [0.5, 0.6) is 0 Å². The molecule has 1 aliphatic rings. The predicted molar refractivity (Wildman–Crippen MR) is 82.2 cm³/mol. The van der Waals surface area contributed by atoms with Crippen molar-refractivity contribution in [3.05, 3.63) is 24.3 Å². The summed E-state index contributed by atoms with van der Waals surface area (Å²) in [5.74, 6) is -0.944. The van der Waals surface area contributed by atoms with Gasteiger partial charge in [-0.1, -0.05) is 0 Å². The van der Waals surface area contributed by atoms with Gasteiger partial charge in [0, 0.05) is 16.4 Å². The molecule has 1 aromatic carbocycles. The number of thioether (sulfide) groups is 1. The van der Waals surface area contributed by atoms with Crippen molar-refractivity contribution in [2.45, 2.75) is 46.3 Å². The predicted octanol–water partition coefficient (Wildman–Crippen LogP) is 1.91. The molecule has 1 aliphatic carbocycles. The van der Waals surface area contributed by atoms with E-state index in [0.717, 1.165) is 17.7 Å². The molecular weight excluding hydrogens is 310 g/mol. The minimum Gasteiger partial charge on any atom is -0.480 e. The lowest BCUT2D eigenvalue weighted by Crippen LogP contribution is -2.51. The molecule has 0 heterocycles. The lowest BCUT2D eigenvalue weighted by molar-refractivity contribution is -0.144. The number of aliphatic carboxylic acids is 1. The number of carboxylic acid groups (broad SMARTS) is 1. The van der Waals surface area contributed by atoms with Crippen LogP contribution in [0.1, 0.15) is 25.7 Å². The first-order chi connectivity index (χ1) is 9.71. The number of benzene rings is 1. The van der Waals surface area contributed by atoms with Gasteiger partial charge in [-0.2, -0.15) is 0 Å². The molecular formula is C14H19NO4S2. The third-order valence-corrected chi connectivity index (χ3v) is 6.13. The van der Waals surface area contributed by atoms with E-state index in [1.165, 1.54) is 6.26 Å². The zero-order chi connectivity index (χ0) is 15.7. The van der Waals surface area contributed by atoms with Gasteiger partial charge in [0.25, 0.3) is 0 Å². The smallest absolute Gasteiger partial charge is 0.323 e. The van der Waals surface area contributed by atoms with E-state index in [0.29, 0.717) is 12.8 Å². The van der Waals surface area contributed by atoms with Crippen LogP contribution < -0.4 is 5.73 Å². The fourth-order valence-corrected chi connectivity index (χ4v) is 4.48. The molecule has 0 bridgehead atoms. The first kappa shape index (κ1) is 16.3. The van der Waals surface area contributed by atoms with E-state index in [1.54, 1.807) is 36.0 Å². The average molecular weight is 329 g/mol. The first-order valence-corrected chi connectivity index (χ1v) is 9.47. The zero-order valence-electron chi connectivity index (χ0n) is 11.8. The number of carboxylic acids is 1. The highest BCUT2D eigenvalue weighted by Crippen LogP contribution is 2.37. The molecule has 116 valence electrons. The van der Waals surface area contributed by atoms with Gasteiger partial charge in [0.05, 0.1) is 4.90 Å². The number of sulfone groups is 1. The molecule has 1 aromatic rings. The summed E-state index contributed by atoms with van der Waals surface area (Å²) >= 11 is 1.57. The quantitative estimate of drug-likeness (QED) is 0.875. The topological polar surface area (TPSA) is 97.5 Å². The molecule has 0 aromatic heterocycles. The molecule has 1 fully saturated rings. The second kappa shape index (κ2) is 5.98. The SMILES string of the molecule is CS(=O)(=O)c1ccc(SC2CCCC(N)(C(=O)O)C2)cc1. The third-order valence-electron chi connectivity index (χ3n) is 3.72. The summed E-state index contributed by atoms with van der Waals surface area (Å²) in [6, 6.07) is 6.67. The third kappa shape index (κ3) is 3.99. The standard InChI is InChI=1S/C14H19NO4S2/c1-21(18,19)12-6-4-10(5-7-12)20-11-3-2-8-14(15,9-11)13(16)17/h4-7,11H,2-3,8-9,15H2,1H3,(H,16,17). The molecule has 2 atom stereocenters. The molecule has 1 saturated carbocycles. The van der Waals surface area contributed by atoms with Gasteiger partial charge in [-0.05, 0) is 49.9 Å². The lowest BCUT2D eigenvalue weighted by atomic mass is 9.82. The first-order valence-electron chi connectivity index (χ1n) is 6.70. The highest BCUT2D eigenvalue weighted by molar-refractivity contribution is 8.00. The number of nitrogens with two attached hydrogens (primary N) is 1. The molecule has 2 unspecified atom stereocenters. The number of hydrogen-bond acceptors (Lipinski definition) is 5. The van der Waals surface area contributed by atoms with Gasteiger partial charge >= 0.3 is 5.97 Å². The van der Waals surface area contributed by atoms with Gasteiger partial charge in [0.1, 0.15) is 5.54 Å². The van der Waals surface area contributed by atoms with Crippen LogP contribution in [0.2, 0.25) is 0 Å². The van der Waals surface area contributed by atoms with Crippen LogP contribution in [0, 0.1) is 0 Å². The van der Waals surface area contributed by atoms with E-state index >= 15 is 0 Å². The van der Waals surface area contributed by atoms with Gasteiger partial charge in [-0.3, -0.25) is 4.79 Å². The molecule has 0 aliphatic heterocycles. The number of rotatable bonds is 4. The zero-order valence-corrected chi connectivity index (χ0v) is 13.4. The van der Waals surface area contributed by atoms with Crippen molar-refractivity contribution in [1.82, 2.24) is 0 Å². The van der Waals surface area contributed by atoms with Crippen LogP contribution in [-0.4, -0.2) is 36.5 Å². The van der Waals surface area contributed by atoms with Crippen molar-refractivity contribution in [3.63, 3.8) is 0 Å². The van der Waals surface area contributed by atoms with Crippen LogP contribution in [0.4, 0.5) is 0 Å².